The highest BCUT2D eigenvalue weighted by molar-refractivity contribution is 5.77. The fourth-order valence-electron chi connectivity index (χ4n) is 3.47. The molecule has 1 fully saturated rings. The van der Waals surface area contributed by atoms with E-state index in [1.807, 2.05) is 23.1 Å². The highest BCUT2D eigenvalue weighted by Crippen LogP contribution is 2.23. The van der Waals surface area contributed by atoms with Gasteiger partial charge in [0.05, 0.1) is 0 Å². The van der Waals surface area contributed by atoms with Crippen LogP contribution in [0.4, 0.5) is 4.39 Å². The van der Waals surface area contributed by atoms with E-state index in [1.54, 1.807) is 12.1 Å². The molecule has 1 aliphatic heterocycles. The minimum absolute atomic E-state index is 0.186. The summed E-state index contributed by atoms with van der Waals surface area (Å²) in [6, 6.07) is 16.6. The fourth-order valence-corrected chi connectivity index (χ4v) is 3.47. The van der Waals surface area contributed by atoms with Gasteiger partial charge in [0.2, 0.25) is 17.6 Å². The van der Waals surface area contributed by atoms with Crippen molar-refractivity contribution in [3.05, 3.63) is 71.9 Å². The van der Waals surface area contributed by atoms with Gasteiger partial charge in [0.1, 0.15) is 5.82 Å². The molecule has 28 heavy (non-hydrogen) atoms. The van der Waals surface area contributed by atoms with Gasteiger partial charge in [-0.2, -0.15) is 4.98 Å². The third-order valence-corrected chi connectivity index (χ3v) is 5.13. The molecule has 1 amide bonds. The van der Waals surface area contributed by atoms with Gasteiger partial charge in [0.15, 0.2) is 0 Å². The Morgan fingerprint density at radius 2 is 1.93 bits per heavy atom. The van der Waals surface area contributed by atoms with Gasteiger partial charge < -0.3 is 9.42 Å². The van der Waals surface area contributed by atoms with Gasteiger partial charge >= 0.3 is 0 Å². The second-order valence-corrected chi connectivity index (χ2v) is 7.09. The van der Waals surface area contributed by atoms with Crippen molar-refractivity contribution in [2.45, 2.75) is 38.1 Å². The monoisotopic (exact) mass is 379 g/mol. The van der Waals surface area contributed by atoms with Crippen LogP contribution in [0.25, 0.3) is 11.4 Å². The van der Waals surface area contributed by atoms with Gasteiger partial charge in [-0.15, -0.1) is 0 Å². The number of carbonyl (C=O) groups is 1. The third kappa shape index (κ3) is 4.27. The van der Waals surface area contributed by atoms with E-state index in [4.69, 9.17) is 4.52 Å². The van der Waals surface area contributed by atoms with Crippen LogP contribution in [0.1, 0.15) is 30.7 Å². The average molecular weight is 379 g/mol. The third-order valence-electron chi connectivity index (χ3n) is 5.13. The van der Waals surface area contributed by atoms with Crippen LogP contribution in [-0.2, 0) is 17.6 Å². The van der Waals surface area contributed by atoms with Crippen LogP contribution in [0.15, 0.2) is 59.1 Å². The van der Waals surface area contributed by atoms with Crippen LogP contribution >= 0.6 is 0 Å². The van der Waals surface area contributed by atoms with Crippen molar-refractivity contribution in [2.24, 2.45) is 0 Å². The lowest BCUT2D eigenvalue weighted by Crippen LogP contribution is -2.52. The number of likely N-dealkylation sites (tertiary alicyclic amines) is 1. The van der Waals surface area contributed by atoms with Gasteiger partial charge in [-0.05, 0) is 49.1 Å². The molecule has 2 heterocycles. The molecule has 144 valence electrons. The summed E-state index contributed by atoms with van der Waals surface area (Å²) in [5, 5.41) is 3.93. The molecule has 2 aromatic carbocycles. The highest BCUT2D eigenvalue weighted by Gasteiger charge is 2.31. The highest BCUT2D eigenvalue weighted by atomic mass is 19.1. The number of benzene rings is 2. The Labute approximate surface area is 163 Å². The van der Waals surface area contributed by atoms with Crippen molar-refractivity contribution >= 4 is 5.91 Å². The van der Waals surface area contributed by atoms with Gasteiger partial charge in [0.25, 0.3) is 0 Å². The standard InChI is InChI=1S/C22H22FN3O2/c23-18-11-9-17(10-12-18)22-24-20(28-25-22)7-4-8-21(27)26-14-13-19(26)15-16-5-2-1-3-6-16/h1-3,5-6,9-12,19H,4,7-8,13-15H2. The van der Waals surface area contributed by atoms with Crippen LogP contribution in [0, 0.1) is 5.82 Å². The number of halogens is 1. The van der Waals surface area contributed by atoms with Crippen molar-refractivity contribution in [1.29, 1.82) is 0 Å². The molecule has 1 saturated heterocycles. The molecule has 1 aromatic heterocycles. The molecule has 6 heteroatoms. The normalized spacial score (nSPS) is 16.0. The average Bonchev–Trinajstić information content (AvgIpc) is 3.15. The van der Waals surface area contributed by atoms with Crippen molar-refractivity contribution in [1.82, 2.24) is 15.0 Å². The topological polar surface area (TPSA) is 59.2 Å². The number of nitrogens with zero attached hydrogens (tertiary/aromatic N) is 3. The van der Waals surface area contributed by atoms with Crippen LogP contribution in [0.3, 0.4) is 0 Å². The van der Waals surface area contributed by atoms with E-state index in [-0.39, 0.29) is 11.7 Å². The van der Waals surface area contributed by atoms with Gasteiger partial charge in [0, 0.05) is 31.0 Å². The summed E-state index contributed by atoms with van der Waals surface area (Å²) in [5.74, 6) is 0.816. The van der Waals surface area contributed by atoms with Gasteiger partial charge in [-0.1, -0.05) is 35.5 Å². The molecule has 5 nitrogen and oxygen atoms in total. The second kappa shape index (κ2) is 8.33. The number of hydrogen-bond acceptors (Lipinski definition) is 4. The minimum atomic E-state index is -0.303. The lowest BCUT2D eigenvalue weighted by molar-refractivity contribution is -0.138. The number of rotatable bonds is 7. The van der Waals surface area contributed by atoms with E-state index in [9.17, 15) is 9.18 Å². The molecular formula is C22H22FN3O2. The Kier molecular flexibility index (Phi) is 5.46. The second-order valence-electron chi connectivity index (χ2n) is 7.09. The Morgan fingerprint density at radius 1 is 1.14 bits per heavy atom. The van der Waals surface area contributed by atoms with E-state index in [2.05, 4.69) is 22.3 Å². The maximum Gasteiger partial charge on any atom is 0.226 e. The van der Waals surface area contributed by atoms with Crippen LogP contribution < -0.4 is 0 Å². The van der Waals surface area contributed by atoms with Crippen molar-refractivity contribution < 1.29 is 13.7 Å². The number of aromatic nitrogens is 2. The molecule has 0 N–H and O–H groups in total. The Morgan fingerprint density at radius 3 is 2.64 bits per heavy atom. The molecular weight excluding hydrogens is 357 g/mol. The SMILES string of the molecule is O=C(CCCc1nc(-c2ccc(F)cc2)no1)N1CCC1Cc1ccccc1. The van der Waals surface area contributed by atoms with Crippen LogP contribution in [0.5, 0.6) is 0 Å². The van der Waals surface area contributed by atoms with Gasteiger partial charge in [-0.3, -0.25) is 4.79 Å². The molecule has 0 aliphatic carbocycles. The fraction of sp³-hybridized carbons (Fsp3) is 0.318. The quantitative estimate of drug-likeness (QED) is 0.622. The Balaban J connectivity index is 1.25. The summed E-state index contributed by atoms with van der Waals surface area (Å²) >= 11 is 0. The predicted octanol–water partition coefficient (Wildman–Crippen LogP) is 4.04. The molecule has 1 atom stereocenters. The first kappa shape index (κ1) is 18.3. The molecule has 4 rings (SSSR count). The number of amides is 1. The summed E-state index contributed by atoms with van der Waals surface area (Å²) in [6.45, 7) is 0.839. The first-order chi connectivity index (χ1) is 13.7. The number of carbonyl (C=O) groups excluding carboxylic acids is 1. The number of aryl methyl sites for hydroxylation is 1. The lowest BCUT2D eigenvalue weighted by Gasteiger charge is -2.41. The summed E-state index contributed by atoms with van der Waals surface area (Å²) in [4.78, 5) is 18.8. The molecule has 0 radical (unpaired) electrons. The largest absolute Gasteiger partial charge is 0.339 e. The lowest BCUT2D eigenvalue weighted by atomic mass is 9.94. The molecule has 0 bridgehead atoms. The summed E-state index contributed by atoms with van der Waals surface area (Å²) in [7, 11) is 0. The van der Waals surface area contributed by atoms with Crippen LogP contribution in [-0.4, -0.2) is 33.5 Å². The Hall–Kier alpha value is -3.02. The Bertz CT molecular complexity index is 924. The first-order valence-electron chi connectivity index (χ1n) is 9.61. The number of hydrogen-bond donors (Lipinski definition) is 0. The molecule has 0 saturated carbocycles. The molecule has 0 spiro atoms. The summed E-state index contributed by atoms with van der Waals surface area (Å²) in [6.07, 6.45) is 3.66. The summed E-state index contributed by atoms with van der Waals surface area (Å²) < 4.78 is 18.3. The molecule has 3 aromatic rings. The van der Waals surface area contributed by atoms with Crippen molar-refractivity contribution in [3.8, 4) is 11.4 Å². The van der Waals surface area contributed by atoms with E-state index < -0.39 is 0 Å². The van der Waals surface area contributed by atoms with Crippen molar-refractivity contribution in [3.63, 3.8) is 0 Å². The first-order valence-corrected chi connectivity index (χ1v) is 9.61. The molecule has 1 aliphatic rings. The van der Waals surface area contributed by atoms with E-state index in [1.165, 1.54) is 17.7 Å². The zero-order valence-corrected chi connectivity index (χ0v) is 15.6. The zero-order valence-electron chi connectivity index (χ0n) is 15.6. The van der Waals surface area contributed by atoms with Gasteiger partial charge in [-0.25, -0.2) is 4.39 Å². The van der Waals surface area contributed by atoms with E-state index >= 15 is 0 Å². The van der Waals surface area contributed by atoms with E-state index in [0.29, 0.717) is 42.6 Å². The minimum Gasteiger partial charge on any atom is -0.339 e. The summed E-state index contributed by atoms with van der Waals surface area (Å²) in [5.41, 5.74) is 1.97. The maximum absolute atomic E-state index is 13.0. The smallest absolute Gasteiger partial charge is 0.226 e. The van der Waals surface area contributed by atoms with E-state index in [0.717, 1.165) is 19.4 Å². The maximum atomic E-state index is 13.0. The zero-order chi connectivity index (χ0) is 19.3. The predicted molar refractivity (Wildman–Crippen MR) is 103 cm³/mol. The van der Waals surface area contributed by atoms with Crippen LogP contribution in [0.2, 0.25) is 0 Å². The molecule has 1 unspecified atom stereocenters. The van der Waals surface area contributed by atoms with Crippen molar-refractivity contribution in [2.75, 3.05) is 6.54 Å².